The normalized spacial score (nSPS) is 10.1. The van der Waals surface area contributed by atoms with Crippen molar-refractivity contribution in [3.63, 3.8) is 0 Å². The fraction of sp³-hybridized carbons (Fsp3) is 0.300. The van der Waals surface area contributed by atoms with Gasteiger partial charge in [0.25, 0.3) is 0 Å². The van der Waals surface area contributed by atoms with Gasteiger partial charge in [0, 0.05) is 19.5 Å². The van der Waals surface area contributed by atoms with Gasteiger partial charge < -0.3 is 10.2 Å². The maximum atomic E-state index is 4.30. The van der Waals surface area contributed by atoms with E-state index in [9.17, 15) is 0 Å². The molecular formula is C10H13N5S. The van der Waals surface area contributed by atoms with E-state index in [2.05, 4.69) is 19.9 Å². The third-order valence-electron chi connectivity index (χ3n) is 2.12. The Hall–Kier alpha value is -1.69. The first-order valence-electron chi connectivity index (χ1n) is 4.89. The lowest BCUT2D eigenvalue weighted by atomic mass is 10.4. The summed E-state index contributed by atoms with van der Waals surface area (Å²) in [6, 6.07) is 3.98. The van der Waals surface area contributed by atoms with Crippen molar-refractivity contribution in [3.05, 3.63) is 29.4 Å². The van der Waals surface area contributed by atoms with E-state index in [-0.39, 0.29) is 0 Å². The van der Waals surface area contributed by atoms with E-state index >= 15 is 0 Å². The summed E-state index contributed by atoms with van der Waals surface area (Å²) in [4.78, 5) is 6.32. The first-order chi connectivity index (χ1) is 7.75. The molecule has 84 valence electrons. The van der Waals surface area contributed by atoms with Crippen molar-refractivity contribution in [2.24, 2.45) is 0 Å². The van der Waals surface area contributed by atoms with Gasteiger partial charge in [-0.1, -0.05) is 4.49 Å². The van der Waals surface area contributed by atoms with Crippen molar-refractivity contribution in [1.29, 1.82) is 0 Å². The van der Waals surface area contributed by atoms with E-state index < -0.39 is 0 Å². The van der Waals surface area contributed by atoms with Gasteiger partial charge in [-0.3, -0.25) is 0 Å². The van der Waals surface area contributed by atoms with Crippen LogP contribution < -0.4 is 10.2 Å². The lowest BCUT2D eigenvalue weighted by Gasteiger charge is -2.12. The van der Waals surface area contributed by atoms with E-state index in [0.29, 0.717) is 6.54 Å². The Balaban J connectivity index is 1.95. The molecule has 0 unspecified atom stereocenters. The summed E-state index contributed by atoms with van der Waals surface area (Å²) in [5.74, 6) is 0.846. The average molecular weight is 235 g/mol. The Kier molecular flexibility index (Phi) is 3.31. The number of rotatable bonds is 4. The maximum absolute atomic E-state index is 4.30. The van der Waals surface area contributed by atoms with Crippen molar-refractivity contribution in [3.8, 4) is 0 Å². The zero-order chi connectivity index (χ0) is 11.4. The van der Waals surface area contributed by atoms with E-state index in [1.54, 1.807) is 0 Å². The van der Waals surface area contributed by atoms with Crippen molar-refractivity contribution >= 4 is 23.0 Å². The van der Waals surface area contributed by atoms with Crippen LogP contribution in [0.4, 0.5) is 11.5 Å². The quantitative estimate of drug-likeness (QED) is 0.872. The first-order valence-corrected chi connectivity index (χ1v) is 5.72. The topological polar surface area (TPSA) is 53.9 Å². The smallest absolute Gasteiger partial charge is 0.126 e. The number of nitrogens with zero attached hydrogens (tertiary/aromatic N) is 4. The molecular weight excluding hydrogens is 222 g/mol. The molecule has 0 saturated carbocycles. The second-order valence-corrected chi connectivity index (χ2v) is 4.16. The number of pyridine rings is 1. The third-order valence-corrected chi connectivity index (χ3v) is 2.67. The van der Waals surface area contributed by atoms with Crippen LogP contribution in [0.1, 0.15) is 5.69 Å². The monoisotopic (exact) mass is 235 g/mol. The Morgan fingerprint density at radius 2 is 2.25 bits per heavy atom. The van der Waals surface area contributed by atoms with E-state index in [4.69, 9.17) is 0 Å². The van der Waals surface area contributed by atoms with Crippen LogP contribution >= 0.6 is 11.5 Å². The van der Waals surface area contributed by atoms with E-state index in [1.807, 2.05) is 42.7 Å². The van der Waals surface area contributed by atoms with Gasteiger partial charge in [0.15, 0.2) is 0 Å². The van der Waals surface area contributed by atoms with Crippen LogP contribution in [-0.4, -0.2) is 28.7 Å². The summed E-state index contributed by atoms with van der Waals surface area (Å²) in [6.45, 7) is 0.658. The summed E-state index contributed by atoms with van der Waals surface area (Å²) in [5.41, 5.74) is 2.02. The first kappa shape index (κ1) is 10.8. The molecule has 5 nitrogen and oxygen atoms in total. The molecule has 0 spiro atoms. The van der Waals surface area contributed by atoms with Gasteiger partial charge in [-0.05, 0) is 23.7 Å². The van der Waals surface area contributed by atoms with Gasteiger partial charge in [0.1, 0.15) is 5.82 Å². The van der Waals surface area contributed by atoms with Gasteiger partial charge in [0.05, 0.1) is 24.1 Å². The van der Waals surface area contributed by atoms with Crippen molar-refractivity contribution in [2.45, 2.75) is 6.54 Å². The highest BCUT2D eigenvalue weighted by Gasteiger charge is 1.99. The average Bonchev–Trinajstić information content (AvgIpc) is 2.80. The van der Waals surface area contributed by atoms with Gasteiger partial charge in [0.2, 0.25) is 0 Å². The molecule has 0 bridgehead atoms. The van der Waals surface area contributed by atoms with Gasteiger partial charge in [-0.25, -0.2) is 4.98 Å². The Labute approximate surface area is 98.3 Å². The highest BCUT2D eigenvalue weighted by atomic mass is 32.1. The Morgan fingerprint density at radius 1 is 1.38 bits per heavy atom. The largest absolute Gasteiger partial charge is 0.376 e. The van der Waals surface area contributed by atoms with Crippen LogP contribution in [0.25, 0.3) is 0 Å². The predicted octanol–water partition coefficient (Wildman–Crippen LogP) is 1.61. The van der Waals surface area contributed by atoms with Crippen LogP contribution in [0.2, 0.25) is 0 Å². The maximum Gasteiger partial charge on any atom is 0.126 e. The molecule has 0 fully saturated rings. The third kappa shape index (κ3) is 2.66. The number of hydrogen-bond donors (Lipinski definition) is 1. The summed E-state index contributed by atoms with van der Waals surface area (Å²) in [6.07, 6.45) is 1.83. The summed E-state index contributed by atoms with van der Waals surface area (Å²) in [7, 11) is 3.98. The van der Waals surface area contributed by atoms with Crippen molar-refractivity contribution in [1.82, 2.24) is 14.6 Å². The zero-order valence-electron chi connectivity index (χ0n) is 9.21. The van der Waals surface area contributed by atoms with Crippen molar-refractivity contribution < 1.29 is 0 Å². The molecule has 0 atom stereocenters. The molecule has 2 rings (SSSR count). The molecule has 16 heavy (non-hydrogen) atoms. The molecule has 0 aliphatic heterocycles. The standard InChI is InChI=1S/C10H13N5S/c1-15(2)9-3-4-10(12-6-9)11-5-8-7-16-14-13-8/h3-4,6-7H,5H2,1-2H3,(H,11,12). The Bertz CT molecular complexity index is 423. The van der Waals surface area contributed by atoms with Crippen molar-refractivity contribution in [2.75, 3.05) is 24.3 Å². The van der Waals surface area contributed by atoms with E-state index in [0.717, 1.165) is 17.2 Å². The minimum atomic E-state index is 0.658. The van der Waals surface area contributed by atoms with Gasteiger partial charge in [-0.15, -0.1) is 5.10 Å². The molecule has 1 N–H and O–H groups in total. The number of nitrogens with one attached hydrogen (secondary N) is 1. The van der Waals surface area contributed by atoms with E-state index in [1.165, 1.54) is 11.5 Å². The molecule has 6 heteroatoms. The highest BCUT2D eigenvalue weighted by Crippen LogP contribution is 2.12. The fourth-order valence-corrected chi connectivity index (χ4v) is 1.65. The minimum Gasteiger partial charge on any atom is -0.376 e. The second kappa shape index (κ2) is 4.89. The highest BCUT2D eigenvalue weighted by molar-refractivity contribution is 7.03. The van der Waals surface area contributed by atoms with Crippen LogP contribution in [-0.2, 0) is 6.54 Å². The molecule has 0 radical (unpaired) electrons. The predicted molar refractivity (Wildman–Crippen MR) is 65.8 cm³/mol. The molecule has 0 aliphatic rings. The molecule has 0 saturated heterocycles. The van der Waals surface area contributed by atoms with Crippen LogP contribution in [0.3, 0.4) is 0 Å². The molecule has 2 heterocycles. The summed E-state index contributed by atoms with van der Waals surface area (Å²) in [5, 5.41) is 9.05. The number of hydrogen-bond acceptors (Lipinski definition) is 6. The molecule has 0 aliphatic carbocycles. The van der Waals surface area contributed by atoms with Crippen LogP contribution in [0.15, 0.2) is 23.7 Å². The molecule has 2 aromatic rings. The number of aromatic nitrogens is 3. The SMILES string of the molecule is CN(C)c1ccc(NCc2csnn2)nc1. The molecule has 0 aromatic carbocycles. The number of anilines is 2. The summed E-state index contributed by atoms with van der Waals surface area (Å²) < 4.78 is 3.80. The minimum absolute atomic E-state index is 0.658. The van der Waals surface area contributed by atoms with Crippen LogP contribution in [0.5, 0.6) is 0 Å². The van der Waals surface area contributed by atoms with Crippen LogP contribution in [0, 0.1) is 0 Å². The second-order valence-electron chi connectivity index (χ2n) is 3.55. The molecule has 0 amide bonds. The molecule has 2 aromatic heterocycles. The summed E-state index contributed by atoms with van der Waals surface area (Å²) >= 11 is 1.35. The fourth-order valence-electron chi connectivity index (χ4n) is 1.20. The van der Waals surface area contributed by atoms with Gasteiger partial charge >= 0.3 is 0 Å². The lowest BCUT2D eigenvalue weighted by Crippen LogP contribution is -2.09. The lowest BCUT2D eigenvalue weighted by molar-refractivity contribution is 0.988. The zero-order valence-corrected chi connectivity index (χ0v) is 10.0. The Morgan fingerprint density at radius 3 is 2.81 bits per heavy atom. The van der Waals surface area contributed by atoms with Gasteiger partial charge in [-0.2, -0.15) is 0 Å².